The average molecular weight is 400 g/mol. The second-order valence-electron chi connectivity index (χ2n) is 7.06. The highest BCUT2D eigenvalue weighted by atomic mass is 16.5. The van der Waals surface area contributed by atoms with Crippen LogP contribution < -0.4 is 4.74 Å². The summed E-state index contributed by atoms with van der Waals surface area (Å²) in [7, 11) is 5.28. The van der Waals surface area contributed by atoms with Gasteiger partial charge in [0, 0.05) is 6.54 Å². The summed E-state index contributed by atoms with van der Waals surface area (Å²) in [6, 6.07) is 6.83. The number of ketones is 1. The fraction of sp³-hybridized carbons (Fsp3) is 0.333. The molecule has 2 aromatic rings. The van der Waals surface area contributed by atoms with Gasteiger partial charge >= 0.3 is 0 Å². The summed E-state index contributed by atoms with van der Waals surface area (Å²) in [6.45, 7) is 1.06. The molecule has 1 amide bonds. The highest BCUT2D eigenvalue weighted by Crippen LogP contribution is 2.41. The summed E-state index contributed by atoms with van der Waals surface area (Å²) < 4.78 is 10.3. The van der Waals surface area contributed by atoms with Crippen molar-refractivity contribution in [3.05, 3.63) is 59.3 Å². The molecule has 0 bridgehead atoms. The molecular formula is C21H24N2O6. The number of benzene rings is 1. The molecule has 1 aromatic carbocycles. The van der Waals surface area contributed by atoms with Crippen molar-refractivity contribution in [1.82, 2.24) is 9.80 Å². The second kappa shape index (κ2) is 8.40. The lowest BCUT2D eigenvalue weighted by atomic mass is 9.94. The average Bonchev–Trinajstić information content (AvgIpc) is 3.30. The Bertz CT molecular complexity index is 933. The largest absolute Gasteiger partial charge is 0.504 e. The number of aromatic hydroxyl groups is 1. The molecule has 0 saturated carbocycles. The van der Waals surface area contributed by atoms with Crippen LogP contribution in [0, 0.1) is 0 Å². The number of methoxy groups -OCH3 is 1. The van der Waals surface area contributed by atoms with E-state index in [0.717, 1.165) is 6.54 Å². The number of nitrogens with zero attached hydrogens (tertiary/aromatic N) is 2. The third kappa shape index (κ3) is 3.97. The summed E-state index contributed by atoms with van der Waals surface area (Å²) in [5.74, 6) is -1.63. The highest BCUT2D eigenvalue weighted by molar-refractivity contribution is 6.15. The van der Waals surface area contributed by atoms with Gasteiger partial charge in [-0.2, -0.15) is 0 Å². The van der Waals surface area contributed by atoms with Crippen LogP contribution in [0.3, 0.4) is 0 Å². The molecule has 1 aromatic heterocycles. The molecule has 0 radical (unpaired) electrons. The maximum atomic E-state index is 13.0. The van der Waals surface area contributed by atoms with E-state index in [9.17, 15) is 19.8 Å². The molecule has 1 aliphatic heterocycles. The molecule has 3 rings (SSSR count). The van der Waals surface area contributed by atoms with Gasteiger partial charge in [0.25, 0.3) is 5.91 Å². The molecule has 1 aliphatic rings. The Labute approximate surface area is 168 Å². The number of hydrogen-bond donors (Lipinski definition) is 2. The van der Waals surface area contributed by atoms with Crippen molar-refractivity contribution in [3.8, 4) is 11.5 Å². The number of phenolic OH excluding ortho intramolecular Hbond substituents is 1. The van der Waals surface area contributed by atoms with Gasteiger partial charge in [0.1, 0.15) is 0 Å². The zero-order chi connectivity index (χ0) is 21.1. The molecule has 2 N–H and O–H groups in total. The summed E-state index contributed by atoms with van der Waals surface area (Å²) in [6.07, 6.45) is 2.00. The number of carbonyl (C=O) groups excluding carboxylic acids is 2. The summed E-state index contributed by atoms with van der Waals surface area (Å²) in [5.41, 5.74) is 0.417. The van der Waals surface area contributed by atoms with Gasteiger partial charge in [-0.15, -0.1) is 0 Å². The Hall–Kier alpha value is -3.26. The Morgan fingerprint density at radius 2 is 2.03 bits per heavy atom. The number of aliphatic hydroxyl groups excluding tert-OH is 1. The maximum Gasteiger partial charge on any atom is 0.290 e. The van der Waals surface area contributed by atoms with Crippen molar-refractivity contribution in [2.45, 2.75) is 12.5 Å². The van der Waals surface area contributed by atoms with E-state index in [-0.39, 0.29) is 22.8 Å². The standard InChI is InChI=1S/C21H24N2O6/c1-22(2)9-5-10-23-18(13-7-8-15(28-3)14(24)12-13)17(20(26)21(23)27)19(25)16-6-4-11-29-16/h4,6-8,11-12,18,24,26H,5,9-10H2,1-3H3. The third-order valence-electron chi connectivity index (χ3n) is 4.82. The van der Waals surface area contributed by atoms with Crippen molar-refractivity contribution >= 4 is 11.7 Å². The van der Waals surface area contributed by atoms with Crippen molar-refractivity contribution in [1.29, 1.82) is 0 Å². The Morgan fingerprint density at radius 1 is 1.28 bits per heavy atom. The van der Waals surface area contributed by atoms with Crippen LogP contribution in [0.4, 0.5) is 0 Å². The summed E-state index contributed by atoms with van der Waals surface area (Å²) in [4.78, 5) is 29.2. The molecule has 154 valence electrons. The van der Waals surface area contributed by atoms with Gasteiger partial charge in [-0.05, 0) is 56.9 Å². The summed E-state index contributed by atoms with van der Waals surface area (Å²) in [5, 5.41) is 20.7. The predicted molar refractivity (Wildman–Crippen MR) is 105 cm³/mol. The van der Waals surface area contributed by atoms with Gasteiger partial charge in [0.15, 0.2) is 23.0 Å². The van der Waals surface area contributed by atoms with Gasteiger partial charge in [-0.25, -0.2) is 0 Å². The number of phenols is 1. The van der Waals surface area contributed by atoms with Crippen molar-refractivity contribution in [2.24, 2.45) is 0 Å². The van der Waals surface area contributed by atoms with Crippen molar-refractivity contribution in [3.63, 3.8) is 0 Å². The lowest BCUT2D eigenvalue weighted by molar-refractivity contribution is -0.129. The molecule has 1 unspecified atom stereocenters. The number of hydrogen-bond acceptors (Lipinski definition) is 7. The molecule has 2 heterocycles. The van der Waals surface area contributed by atoms with Gasteiger partial charge in [-0.1, -0.05) is 6.07 Å². The van der Waals surface area contributed by atoms with Crippen molar-refractivity contribution < 1.29 is 29.0 Å². The SMILES string of the molecule is COc1ccc(C2C(C(=O)c3ccco3)=C(O)C(=O)N2CCCN(C)C)cc1O. The van der Waals surface area contributed by atoms with Gasteiger partial charge < -0.3 is 29.2 Å². The molecular weight excluding hydrogens is 376 g/mol. The molecule has 8 nitrogen and oxygen atoms in total. The predicted octanol–water partition coefficient (Wildman–Crippen LogP) is 2.52. The third-order valence-corrected chi connectivity index (χ3v) is 4.82. The van der Waals surface area contributed by atoms with Crippen LogP contribution in [0.15, 0.2) is 52.3 Å². The fourth-order valence-corrected chi connectivity index (χ4v) is 3.44. The lowest BCUT2D eigenvalue weighted by Gasteiger charge is -2.27. The minimum absolute atomic E-state index is 0.0252. The number of carbonyl (C=O) groups is 2. The number of Topliss-reactive ketones (excluding diaryl/α,β-unsaturated/α-hetero) is 1. The first-order chi connectivity index (χ1) is 13.8. The first-order valence-electron chi connectivity index (χ1n) is 9.19. The Morgan fingerprint density at radius 3 is 2.62 bits per heavy atom. The van der Waals surface area contributed by atoms with Crippen LogP contribution in [-0.2, 0) is 4.79 Å². The van der Waals surface area contributed by atoms with Crippen LogP contribution in [0.5, 0.6) is 11.5 Å². The lowest BCUT2D eigenvalue weighted by Crippen LogP contribution is -2.33. The van der Waals surface area contributed by atoms with Crippen LogP contribution in [0.25, 0.3) is 0 Å². The van der Waals surface area contributed by atoms with Gasteiger partial charge in [-0.3, -0.25) is 9.59 Å². The van der Waals surface area contributed by atoms with Crippen LogP contribution in [-0.4, -0.2) is 66.0 Å². The minimum atomic E-state index is -0.848. The first-order valence-corrected chi connectivity index (χ1v) is 9.19. The van der Waals surface area contributed by atoms with Crippen molar-refractivity contribution in [2.75, 3.05) is 34.3 Å². The molecule has 29 heavy (non-hydrogen) atoms. The van der Waals surface area contributed by atoms with E-state index < -0.39 is 23.5 Å². The number of amides is 1. The normalized spacial score (nSPS) is 16.8. The number of rotatable bonds is 8. The van der Waals surface area contributed by atoms with E-state index in [1.54, 1.807) is 18.2 Å². The van der Waals surface area contributed by atoms with Gasteiger partial charge in [0.2, 0.25) is 5.78 Å². The molecule has 0 saturated heterocycles. The zero-order valence-corrected chi connectivity index (χ0v) is 16.6. The van der Waals surface area contributed by atoms with E-state index >= 15 is 0 Å². The quantitative estimate of drug-likeness (QED) is 0.656. The van der Waals surface area contributed by atoms with E-state index in [2.05, 4.69) is 0 Å². The highest BCUT2D eigenvalue weighted by Gasteiger charge is 2.44. The van der Waals surface area contributed by atoms with E-state index in [0.29, 0.717) is 18.5 Å². The summed E-state index contributed by atoms with van der Waals surface area (Å²) >= 11 is 0. The molecule has 0 fully saturated rings. The monoisotopic (exact) mass is 400 g/mol. The van der Waals surface area contributed by atoms with Crippen LogP contribution >= 0.6 is 0 Å². The number of ether oxygens (including phenoxy) is 1. The van der Waals surface area contributed by atoms with Gasteiger partial charge in [0.05, 0.1) is 25.0 Å². The maximum absolute atomic E-state index is 13.0. The molecule has 8 heteroatoms. The van der Waals surface area contributed by atoms with Crippen LogP contribution in [0.1, 0.15) is 28.6 Å². The fourth-order valence-electron chi connectivity index (χ4n) is 3.44. The van der Waals surface area contributed by atoms with Crippen LogP contribution in [0.2, 0.25) is 0 Å². The number of furan rings is 1. The van der Waals surface area contributed by atoms with E-state index in [1.165, 1.54) is 30.4 Å². The van der Waals surface area contributed by atoms with E-state index in [1.807, 2.05) is 19.0 Å². The Kier molecular flexibility index (Phi) is 5.93. The Balaban J connectivity index is 2.03. The topological polar surface area (TPSA) is 103 Å². The molecule has 1 atom stereocenters. The second-order valence-corrected chi connectivity index (χ2v) is 7.06. The smallest absolute Gasteiger partial charge is 0.290 e. The zero-order valence-electron chi connectivity index (χ0n) is 16.6. The molecule has 0 spiro atoms. The first kappa shape index (κ1) is 20.5. The number of aliphatic hydroxyl groups is 1. The molecule has 0 aliphatic carbocycles. The van der Waals surface area contributed by atoms with E-state index in [4.69, 9.17) is 9.15 Å². The minimum Gasteiger partial charge on any atom is -0.504 e.